The summed E-state index contributed by atoms with van der Waals surface area (Å²) in [6.45, 7) is 9.71. The maximum Gasteiger partial charge on any atom is 0.0671 e. The van der Waals surface area contributed by atoms with Crippen LogP contribution >= 0.6 is 0 Å². The Bertz CT molecular complexity index is 140. The summed E-state index contributed by atoms with van der Waals surface area (Å²) in [4.78, 5) is 0. The van der Waals surface area contributed by atoms with Crippen molar-refractivity contribution in [1.29, 1.82) is 0 Å². The van der Waals surface area contributed by atoms with E-state index in [-0.39, 0.29) is 0 Å². The van der Waals surface area contributed by atoms with Crippen molar-refractivity contribution in [3.8, 4) is 0 Å². The molecule has 0 unspecified atom stereocenters. The second kappa shape index (κ2) is 11.8. The van der Waals surface area contributed by atoms with E-state index < -0.39 is 0 Å². The van der Waals surface area contributed by atoms with Crippen LogP contribution in [0.1, 0.15) is 65.2 Å². The first-order valence-corrected chi connectivity index (χ1v) is 6.49. The highest BCUT2D eigenvalue weighted by Gasteiger charge is 1.92. The molecule has 1 nitrogen and oxygen atoms in total. The maximum absolute atomic E-state index is 5.44. The molecule has 1 heteroatoms. The standard InChI is InChI=1S/C14H28O/c1-4-5-6-7-8-9-10-11-12-15-13-14(2)3/h2,4-13H2,1,3H3. The molecule has 0 atom stereocenters. The average Bonchev–Trinajstić information content (AvgIpc) is 2.20. The van der Waals surface area contributed by atoms with Gasteiger partial charge in [0, 0.05) is 6.61 Å². The Morgan fingerprint density at radius 1 is 0.933 bits per heavy atom. The summed E-state index contributed by atoms with van der Waals surface area (Å²) in [5, 5.41) is 0. The fourth-order valence-electron chi connectivity index (χ4n) is 1.58. The first-order chi connectivity index (χ1) is 7.27. The van der Waals surface area contributed by atoms with Gasteiger partial charge in [-0.1, -0.05) is 64.0 Å². The molecule has 0 saturated carbocycles. The average molecular weight is 212 g/mol. The van der Waals surface area contributed by atoms with Gasteiger partial charge in [0.15, 0.2) is 0 Å². The number of ether oxygens (including phenoxy) is 1. The summed E-state index contributed by atoms with van der Waals surface area (Å²) < 4.78 is 5.44. The highest BCUT2D eigenvalue weighted by molar-refractivity contribution is 4.87. The zero-order chi connectivity index (χ0) is 11.4. The molecular weight excluding hydrogens is 184 g/mol. The molecule has 0 fully saturated rings. The first-order valence-electron chi connectivity index (χ1n) is 6.49. The quantitative estimate of drug-likeness (QED) is 0.356. The van der Waals surface area contributed by atoms with E-state index in [9.17, 15) is 0 Å². The topological polar surface area (TPSA) is 9.23 Å². The van der Waals surface area contributed by atoms with Crippen LogP contribution in [0.2, 0.25) is 0 Å². The summed E-state index contributed by atoms with van der Waals surface area (Å²) in [6, 6.07) is 0. The lowest BCUT2D eigenvalue weighted by Crippen LogP contribution is -1.97. The number of unbranched alkanes of at least 4 members (excludes halogenated alkanes) is 7. The molecule has 90 valence electrons. The fraction of sp³-hybridized carbons (Fsp3) is 0.857. The molecule has 0 amide bonds. The SMILES string of the molecule is C=C(C)COCCCCCCCCCC. The largest absolute Gasteiger partial charge is 0.377 e. The second-order valence-electron chi connectivity index (χ2n) is 4.48. The number of hydrogen-bond donors (Lipinski definition) is 0. The van der Waals surface area contributed by atoms with E-state index in [0.29, 0.717) is 0 Å². The number of hydrogen-bond acceptors (Lipinski definition) is 1. The second-order valence-corrected chi connectivity index (χ2v) is 4.48. The highest BCUT2D eigenvalue weighted by atomic mass is 16.5. The maximum atomic E-state index is 5.44. The Balaban J connectivity index is 2.89. The lowest BCUT2D eigenvalue weighted by molar-refractivity contribution is 0.151. The van der Waals surface area contributed by atoms with E-state index in [1.54, 1.807) is 0 Å². The minimum absolute atomic E-state index is 0.733. The van der Waals surface area contributed by atoms with Gasteiger partial charge in [0.25, 0.3) is 0 Å². The Hall–Kier alpha value is -0.300. The van der Waals surface area contributed by atoms with E-state index in [4.69, 9.17) is 4.74 Å². The van der Waals surface area contributed by atoms with Crippen molar-refractivity contribution in [1.82, 2.24) is 0 Å². The van der Waals surface area contributed by atoms with Gasteiger partial charge in [-0.15, -0.1) is 0 Å². The van der Waals surface area contributed by atoms with Gasteiger partial charge >= 0.3 is 0 Å². The minimum atomic E-state index is 0.733. The fourth-order valence-corrected chi connectivity index (χ4v) is 1.58. The summed E-state index contributed by atoms with van der Waals surface area (Å²) >= 11 is 0. The third-order valence-electron chi connectivity index (χ3n) is 2.49. The highest BCUT2D eigenvalue weighted by Crippen LogP contribution is 2.08. The molecule has 0 rings (SSSR count). The lowest BCUT2D eigenvalue weighted by atomic mass is 10.1. The zero-order valence-corrected chi connectivity index (χ0v) is 10.7. The molecule has 0 aliphatic rings. The van der Waals surface area contributed by atoms with Crippen LogP contribution in [0.4, 0.5) is 0 Å². The summed E-state index contributed by atoms with van der Waals surface area (Å²) in [5.74, 6) is 0. The van der Waals surface area contributed by atoms with Gasteiger partial charge in [-0.3, -0.25) is 0 Å². The molecule has 0 N–H and O–H groups in total. The van der Waals surface area contributed by atoms with Crippen LogP contribution in [-0.4, -0.2) is 13.2 Å². The van der Waals surface area contributed by atoms with Crippen molar-refractivity contribution in [3.05, 3.63) is 12.2 Å². The molecule has 0 spiro atoms. The molecule has 0 bridgehead atoms. The van der Waals surface area contributed by atoms with Gasteiger partial charge in [0.05, 0.1) is 6.61 Å². The molecule has 0 aliphatic carbocycles. The summed E-state index contributed by atoms with van der Waals surface area (Å²) in [6.07, 6.45) is 10.9. The molecule has 0 heterocycles. The van der Waals surface area contributed by atoms with Crippen LogP contribution in [0, 0.1) is 0 Å². The van der Waals surface area contributed by atoms with E-state index in [2.05, 4.69) is 13.5 Å². The van der Waals surface area contributed by atoms with E-state index in [0.717, 1.165) is 18.8 Å². The monoisotopic (exact) mass is 212 g/mol. The molecule has 0 radical (unpaired) electrons. The summed E-state index contributed by atoms with van der Waals surface area (Å²) in [7, 11) is 0. The predicted octanol–water partition coefficient (Wildman–Crippen LogP) is 4.72. The van der Waals surface area contributed by atoms with Gasteiger partial charge in [0.2, 0.25) is 0 Å². The van der Waals surface area contributed by atoms with Crippen molar-refractivity contribution >= 4 is 0 Å². The normalized spacial score (nSPS) is 10.5. The van der Waals surface area contributed by atoms with Crippen molar-refractivity contribution in [2.45, 2.75) is 65.2 Å². The third kappa shape index (κ3) is 13.7. The van der Waals surface area contributed by atoms with Crippen molar-refractivity contribution in [2.75, 3.05) is 13.2 Å². The Labute approximate surface area is 95.9 Å². The van der Waals surface area contributed by atoms with Crippen LogP contribution in [0.25, 0.3) is 0 Å². The molecular formula is C14H28O. The Morgan fingerprint density at radius 2 is 1.47 bits per heavy atom. The van der Waals surface area contributed by atoms with E-state index in [1.807, 2.05) is 6.92 Å². The Morgan fingerprint density at radius 3 is 2.00 bits per heavy atom. The van der Waals surface area contributed by atoms with Crippen LogP contribution in [0.5, 0.6) is 0 Å². The van der Waals surface area contributed by atoms with Crippen LogP contribution in [-0.2, 0) is 4.74 Å². The van der Waals surface area contributed by atoms with Crippen LogP contribution < -0.4 is 0 Å². The van der Waals surface area contributed by atoms with Crippen LogP contribution in [0.3, 0.4) is 0 Å². The molecule has 0 aromatic rings. The van der Waals surface area contributed by atoms with Gasteiger partial charge in [0.1, 0.15) is 0 Å². The minimum Gasteiger partial charge on any atom is -0.377 e. The zero-order valence-electron chi connectivity index (χ0n) is 10.7. The van der Waals surface area contributed by atoms with Gasteiger partial charge < -0.3 is 4.74 Å². The third-order valence-corrected chi connectivity index (χ3v) is 2.49. The molecule has 0 aliphatic heterocycles. The Kier molecular flexibility index (Phi) is 11.5. The van der Waals surface area contributed by atoms with Crippen molar-refractivity contribution in [3.63, 3.8) is 0 Å². The van der Waals surface area contributed by atoms with Crippen molar-refractivity contribution < 1.29 is 4.74 Å². The lowest BCUT2D eigenvalue weighted by Gasteiger charge is -2.03. The molecule has 0 aromatic carbocycles. The molecule has 0 saturated heterocycles. The van der Waals surface area contributed by atoms with Gasteiger partial charge in [-0.05, 0) is 13.3 Å². The molecule has 0 aromatic heterocycles. The molecule has 15 heavy (non-hydrogen) atoms. The van der Waals surface area contributed by atoms with Crippen molar-refractivity contribution in [2.24, 2.45) is 0 Å². The van der Waals surface area contributed by atoms with Gasteiger partial charge in [-0.2, -0.15) is 0 Å². The van der Waals surface area contributed by atoms with Crippen LogP contribution in [0.15, 0.2) is 12.2 Å². The predicted molar refractivity (Wildman–Crippen MR) is 68.2 cm³/mol. The van der Waals surface area contributed by atoms with E-state index in [1.165, 1.54) is 51.4 Å². The smallest absolute Gasteiger partial charge is 0.0671 e. The number of rotatable bonds is 11. The van der Waals surface area contributed by atoms with Gasteiger partial charge in [-0.25, -0.2) is 0 Å². The van der Waals surface area contributed by atoms with E-state index >= 15 is 0 Å². The first kappa shape index (κ1) is 14.7. The summed E-state index contributed by atoms with van der Waals surface area (Å²) in [5.41, 5.74) is 1.12.